The van der Waals surface area contributed by atoms with Gasteiger partial charge in [-0.1, -0.05) is 48.5 Å². The fraction of sp³-hybridized carbons (Fsp3) is 0.167. The van der Waals surface area contributed by atoms with Crippen molar-refractivity contribution in [1.82, 2.24) is 0 Å². The summed E-state index contributed by atoms with van der Waals surface area (Å²) in [4.78, 5) is 11.6. The number of nitrogens with two attached hydrogens (primary N) is 1. The lowest BCUT2D eigenvalue weighted by molar-refractivity contribution is -0.141. The lowest BCUT2D eigenvalue weighted by atomic mass is 9.91. The number of benzene rings is 3. The van der Waals surface area contributed by atoms with Crippen molar-refractivity contribution in [3.8, 4) is 0 Å². The highest BCUT2D eigenvalue weighted by Crippen LogP contribution is 2.33. The summed E-state index contributed by atoms with van der Waals surface area (Å²) in [6, 6.07) is 18.0. The second-order valence-corrected chi connectivity index (χ2v) is 5.12. The van der Waals surface area contributed by atoms with Crippen LogP contribution in [0.5, 0.6) is 0 Å². The third kappa shape index (κ3) is 2.91. The van der Waals surface area contributed by atoms with Crippen LogP contribution in [0.15, 0.2) is 54.6 Å². The van der Waals surface area contributed by atoms with E-state index in [9.17, 15) is 4.79 Å². The molecule has 0 bridgehead atoms. The van der Waals surface area contributed by atoms with Gasteiger partial charge in [0.1, 0.15) is 0 Å². The number of halogens is 1. The lowest BCUT2D eigenvalue weighted by Gasteiger charge is -2.17. The van der Waals surface area contributed by atoms with E-state index >= 15 is 0 Å². The third-order valence-corrected chi connectivity index (χ3v) is 3.80. The van der Waals surface area contributed by atoms with Crippen molar-refractivity contribution in [2.24, 2.45) is 5.73 Å². The fourth-order valence-electron chi connectivity index (χ4n) is 2.81. The summed E-state index contributed by atoms with van der Waals surface area (Å²) < 4.78 is 4.75. The van der Waals surface area contributed by atoms with E-state index < -0.39 is 0 Å². The first-order valence-electron chi connectivity index (χ1n) is 6.93. The summed E-state index contributed by atoms with van der Waals surface area (Å²) >= 11 is 0. The van der Waals surface area contributed by atoms with Crippen molar-refractivity contribution in [3.63, 3.8) is 0 Å². The molecule has 4 heteroatoms. The monoisotopic (exact) mass is 315 g/mol. The van der Waals surface area contributed by atoms with Crippen LogP contribution in [0.3, 0.4) is 0 Å². The summed E-state index contributed by atoms with van der Waals surface area (Å²) in [5.41, 5.74) is 7.31. The molecule has 0 unspecified atom stereocenters. The van der Waals surface area contributed by atoms with E-state index in [2.05, 4.69) is 18.2 Å². The Hall–Kier alpha value is -2.10. The van der Waals surface area contributed by atoms with Gasteiger partial charge in [-0.25, -0.2) is 0 Å². The van der Waals surface area contributed by atoms with Gasteiger partial charge in [0.25, 0.3) is 0 Å². The molecule has 3 nitrogen and oxygen atoms in total. The highest BCUT2D eigenvalue weighted by molar-refractivity contribution is 6.02. The first-order chi connectivity index (χ1) is 10.2. The highest BCUT2D eigenvalue weighted by Gasteiger charge is 2.17. The van der Waals surface area contributed by atoms with E-state index in [4.69, 9.17) is 10.5 Å². The average molecular weight is 316 g/mol. The maximum Gasteiger partial charge on any atom is 0.307 e. The van der Waals surface area contributed by atoms with Gasteiger partial charge < -0.3 is 10.5 Å². The molecule has 0 saturated carbocycles. The zero-order valence-electron chi connectivity index (χ0n) is 12.3. The summed E-state index contributed by atoms with van der Waals surface area (Å²) in [5.74, 6) is -0.292. The standard InChI is InChI=1S/C18H17NO2.ClH/c1-21-17(20)11-16(19)18-14-8-4-2-6-12(14)10-13-7-3-5-9-15(13)18;/h2-10,16H,11,19H2,1H3;1H/t16-;/m0./s1. The van der Waals surface area contributed by atoms with Gasteiger partial charge in [0, 0.05) is 6.04 Å². The summed E-state index contributed by atoms with van der Waals surface area (Å²) in [6.45, 7) is 0. The summed E-state index contributed by atoms with van der Waals surface area (Å²) in [6.07, 6.45) is 0.175. The largest absolute Gasteiger partial charge is 0.469 e. The van der Waals surface area contributed by atoms with Gasteiger partial charge in [-0.15, -0.1) is 12.4 Å². The van der Waals surface area contributed by atoms with Crippen LogP contribution in [0.2, 0.25) is 0 Å². The van der Waals surface area contributed by atoms with E-state index in [0.717, 1.165) is 27.1 Å². The Balaban J connectivity index is 0.00000176. The molecule has 0 aliphatic rings. The third-order valence-electron chi connectivity index (χ3n) is 3.80. The van der Waals surface area contributed by atoms with Gasteiger partial charge in [0.2, 0.25) is 0 Å². The van der Waals surface area contributed by atoms with Gasteiger partial charge in [-0.05, 0) is 33.2 Å². The number of esters is 1. The molecule has 0 amide bonds. The minimum absolute atomic E-state index is 0. The number of methoxy groups -OCH3 is 1. The molecule has 0 aliphatic heterocycles. The van der Waals surface area contributed by atoms with Crippen LogP contribution >= 0.6 is 12.4 Å². The molecule has 0 heterocycles. The Morgan fingerprint density at radius 3 is 2.05 bits per heavy atom. The van der Waals surface area contributed by atoms with Crippen LogP contribution in [0, 0.1) is 0 Å². The topological polar surface area (TPSA) is 52.3 Å². The van der Waals surface area contributed by atoms with E-state index in [1.165, 1.54) is 7.11 Å². The Morgan fingerprint density at radius 2 is 1.55 bits per heavy atom. The minimum atomic E-state index is -0.381. The molecule has 114 valence electrons. The SMILES string of the molecule is COC(=O)C[C@H](N)c1c2ccccc2cc2ccccc12.Cl. The van der Waals surface area contributed by atoms with Crippen LogP contribution in [0.25, 0.3) is 21.5 Å². The van der Waals surface area contributed by atoms with Crippen LogP contribution < -0.4 is 5.73 Å². The molecular weight excluding hydrogens is 298 g/mol. The lowest BCUT2D eigenvalue weighted by Crippen LogP contribution is -2.17. The average Bonchev–Trinajstić information content (AvgIpc) is 2.52. The maximum absolute atomic E-state index is 11.6. The van der Waals surface area contributed by atoms with Gasteiger partial charge in [-0.3, -0.25) is 4.79 Å². The number of fused-ring (bicyclic) bond motifs is 2. The molecule has 3 aromatic carbocycles. The van der Waals surface area contributed by atoms with Crippen molar-refractivity contribution in [2.45, 2.75) is 12.5 Å². The van der Waals surface area contributed by atoms with Crippen LogP contribution in [0.4, 0.5) is 0 Å². The Bertz CT molecular complexity index is 762. The molecule has 1 atom stereocenters. The number of carbonyl (C=O) groups excluding carboxylic acids is 1. The van der Waals surface area contributed by atoms with Crippen molar-refractivity contribution < 1.29 is 9.53 Å². The Labute approximate surface area is 135 Å². The van der Waals surface area contributed by atoms with E-state index in [1.54, 1.807) is 0 Å². The molecule has 2 N–H and O–H groups in total. The number of carbonyl (C=O) groups is 1. The molecule has 22 heavy (non-hydrogen) atoms. The molecule has 0 aromatic heterocycles. The predicted octanol–water partition coefficient (Wildman–Crippen LogP) is 3.98. The first-order valence-corrected chi connectivity index (χ1v) is 6.93. The van der Waals surface area contributed by atoms with Crippen molar-refractivity contribution in [3.05, 3.63) is 60.2 Å². The van der Waals surface area contributed by atoms with Crippen molar-refractivity contribution >= 4 is 39.9 Å². The molecular formula is C18H18ClNO2. The molecule has 0 spiro atoms. The Kier molecular flexibility index (Phi) is 5.01. The number of rotatable bonds is 3. The quantitative estimate of drug-likeness (QED) is 0.587. The minimum Gasteiger partial charge on any atom is -0.469 e. The summed E-state index contributed by atoms with van der Waals surface area (Å²) in [5, 5.41) is 4.44. The van der Waals surface area contributed by atoms with Gasteiger partial charge in [0.15, 0.2) is 0 Å². The molecule has 0 fully saturated rings. The number of hydrogen-bond acceptors (Lipinski definition) is 3. The van der Waals surface area contributed by atoms with Gasteiger partial charge in [-0.2, -0.15) is 0 Å². The highest BCUT2D eigenvalue weighted by atomic mass is 35.5. The zero-order valence-corrected chi connectivity index (χ0v) is 13.1. The van der Waals surface area contributed by atoms with Crippen LogP contribution in [-0.4, -0.2) is 13.1 Å². The van der Waals surface area contributed by atoms with E-state index in [-0.39, 0.29) is 30.8 Å². The normalized spacial score (nSPS) is 11.9. The Morgan fingerprint density at radius 1 is 1.05 bits per heavy atom. The molecule has 0 saturated heterocycles. The fourth-order valence-corrected chi connectivity index (χ4v) is 2.81. The second-order valence-electron chi connectivity index (χ2n) is 5.12. The van der Waals surface area contributed by atoms with Crippen LogP contribution in [0.1, 0.15) is 18.0 Å². The second kappa shape index (κ2) is 6.77. The molecule has 0 aliphatic carbocycles. The molecule has 0 radical (unpaired) electrons. The number of hydrogen-bond donors (Lipinski definition) is 1. The van der Waals surface area contributed by atoms with Gasteiger partial charge in [0.05, 0.1) is 13.5 Å². The van der Waals surface area contributed by atoms with Crippen LogP contribution in [-0.2, 0) is 9.53 Å². The first kappa shape index (κ1) is 16.3. The van der Waals surface area contributed by atoms with E-state index in [0.29, 0.717) is 0 Å². The smallest absolute Gasteiger partial charge is 0.307 e. The zero-order chi connectivity index (χ0) is 14.8. The maximum atomic E-state index is 11.6. The molecule has 3 aromatic rings. The van der Waals surface area contributed by atoms with Gasteiger partial charge >= 0.3 is 5.97 Å². The summed E-state index contributed by atoms with van der Waals surface area (Å²) in [7, 11) is 1.39. The number of ether oxygens (including phenoxy) is 1. The predicted molar refractivity (Wildman–Crippen MR) is 92.3 cm³/mol. The van der Waals surface area contributed by atoms with Crippen molar-refractivity contribution in [2.75, 3.05) is 7.11 Å². The van der Waals surface area contributed by atoms with Crippen molar-refractivity contribution in [1.29, 1.82) is 0 Å². The molecule has 3 rings (SSSR count). The van der Waals surface area contributed by atoms with E-state index in [1.807, 2.05) is 36.4 Å².